The van der Waals surface area contributed by atoms with Crippen LogP contribution in [0, 0.1) is 11.8 Å². The third-order valence-corrected chi connectivity index (χ3v) is 2.27. The number of rotatable bonds is 0. The molecule has 0 atom stereocenters. The molecule has 0 saturated carbocycles. The molecule has 0 amide bonds. The zero-order valence-electron chi connectivity index (χ0n) is 7.14. The Morgan fingerprint density at radius 3 is 3.23 bits per heavy atom. The van der Waals surface area contributed by atoms with Gasteiger partial charge in [-0.1, -0.05) is 27.8 Å². The maximum absolute atomic E-state index is 5.40. The van der Waals surface area contributed by atoms with Crippen molar-refractivity contribution in [1.29, 1.82) is 0 Å². The van der Waals surface area contributed by atoms with Crippen molar-refractivity contribution >= 4 is 15.9 Å². The summed E-state index contributed by atoms with van der Waals surface area (Å²) >= 11 is 3.27. The van der Waals surface area contributed by atoms with Gasteiger partial charge in [-0.05, 0) is 23.8 Å². The summed E-state index contributed by atoms with van der Waals surface area (Å²) in [7, 11) is 0. The molecule has 0 spiro atoms. The van der Waals surface area contributed by atoms with Crippen molar-refractivity contribution in [2.75, 3.05) is 11.9 Å². The van der Waals surface area contributed by atoms with E-state index in [4.69, 9.17) is 4.74 Å². The molecule has 0 saturated heterocycles. The molecule has 1 aromatic rings. The van der Waals surface area contributed by atoms with E-state index in [0.717, 1.165) is 29.7 Å². The van der Waals surface area contributed by atoms with E-state index in [0.29, 0.717) is 0 Å². The summed E-state index contributed by atoms with van der Waals surface area (Å²) < 4.78 is 5.40. The number of benzene rings is 1. The lowest BCUT2D eigenvalue weighted by Gasteiger charge is -1.97. The molecule has 0 aromatic heterocycles. The number of hydrogen-bond donors (Lipinski definition) is 0. The predicted octanol–water partition coefficient (Wildman–Crippen LogP) is 2.37. The molecule has 13 heavy (non-hydrogen) atoms. The van der Waals surface area contributed by atoms with Crippen molar-refractivity contribution in [2.45, 2.75) is 6.42 Å². The second-order valence-electron chi connectivity index (χ2n) is 2.86. The van der Waals surface area contributed by atoms with Gasteiger partial charge in [-0.25, -0.2) is 0 Å². The summed E-state index contributed by atoms with van der Waals surface area (Å²) in [6.45, 7) is 0.810. The molecule has 0 fully saturated rings. The fourth-order valence-corrected chi connectivity index (χ4v) is 1.54. The number of alkyl halides is 1. The fourth-order valence-electron chi connectivity index (χ4n) is 1.40. The largest absolute Gasteiger partial charge is 0.493 e. The van der Waals surface area contributed by atoms with Crippen LogP contribution >= 0.6 is 15.9 Å². The van der Waals surface area contributed by atoms with Crippen LogP contribution in [-0.2, 0) is 6.42 Å². The monoisotopic (exact) mass is 236 g/mol. The zero-order valence-corrected chi connectivity index (χ0v) is 8.73. The maximum atomic E-state index is 5.40. The highest BCUT2D eigenvalue weighted by Gasteiger charge is 2.10. The fraction of sp³-hybridized carbons (Fsp3) is 0.273. The predicted molar refractivity (Wildman–Crippen MR) is 56.3 cm³/mol. The second-order valence-corrected chi connectivity index (χ2v) is 3.42. The first-order valence-corrected chi connectivity index (χ1v) is 5.33. The van der Waals surface area contributed by atoms with Gasteiger partial charge in [-0.3, -0.25) is 0 Å². The average Bonchev–Trinajstić information content (AvgIpc) is 2.61. The van der Waals surface area contributed by atoms with Crippen molar-refractivity contribution in [3.8, 4) is 17.6 Å². The van der Waals surface area contributed by atoms with Gasteiger partial charge < -0.3 is 4.74 Å². The second kappa shape index (κ2) is 3.85. The molecule has 2 rings (SSSR count). The van der Waals surface area contributed by atoms with Crippen molar-refractivity contribution < 1.29 is 4.74 Å². The first-order valence-electron chi connectivity index (χ1n) is 4.21. The van der Waals surface area contributed by atoms with Crippen molar-refractivity contribution in [2.24, 2.45) is 0 Å². The molecule has 0 N–H and O–H groups in total. The highest BCUT2D eigenvalue weighted by molar-refractivity contribution is 9.09. The van der Waals surface area contributed by atoms with Gasteiger partial charge in [0, 0.05) is 12.0 Å². The van der Waals surface area contributed by atoms with E-state index in [-0.39, 0.29) is 0 Å². The van der Waals surface area contributed by atoms with Crippen molar-refractivity contribution in [3.63, 3.8) is 0 Å². The minimum Gasteiger partial charge on any atom is -0.493 e. The minimum absolute atomic E-state index is 0.723. The van der Waals surface area contributed by atoms with E-state index in [1.807, 2.05) is 12.1 Å². The maximum Gasteiger partial charge on any atom is 0.122 e. The van der Waals surface area contributed by atoms with Gasteiger partial charge in [-0.15, -0.1) is 0 Å². The van der Waals surface area contributed by atoms with Gasteiger partial charge >= 0.3 is 0 Å². The van der Waals surface area contributed by atoms with Crippen LogP contribution in [0.15, 0.2) is 18.2 Å². The lowest BCUT2D eigenvalue weighted by atomic mass is 10.1. The Bertz CT molecular complexity index is 373. The molecule has 0 aliphatic carbocycles. The summed E-state index contributed by atoms with van der Waals surface area (Å²) in [5.41, 5.74) is 2.35. The average molecular weight is 237 g/mol. The first-order chi connectivity index (χ1) is 6.40. The van der Waals surface area contributed by atoms with E-state index >= 15 is 0 Å². The molecule has 0 bridgehead atoms. The van der Waals surface area contributed by atoms with Crippen LogP contribution in [0.5, 0.6) is 5.75 Å². The van der Waals surface area contributed by atoms with Gasteiger partial charge in [0.1, 0.15) is 5.75 Å². The van der Waals surface area contributed by atoms with E-state index in [1.54, 1.807) is 0 Å². The Morgan fingerprint density at radius 2 is 2.38 bits per heavy atom. The number of halogens is 1. The Kier molecular flexibility index (Phi) is 2.56. The zero-order chi connectivity index (χ0) is 9.10. The normalized spacial score (nSPS) is 12.7. The molecule has 66 valence electrons. The molecule has 1 aliphatic rings. The summed E-state index contributed by atoms with van der Waals surface area (Å²) in [6.07, 6.45) is 1.01. The summed E-state index contributed by atoms with van der Waals surface area (Å²) in [6, 6.07) is 6.11. The Hall–Kier alpha value is -0.940. The molecule has 2 heteroatoms. The number of fused-ring (bicyclic) bond motifs is 1. The third-order valence-electron chi connectivity index (χ3n) is 1.99. The molecule has 0 unspecified atom stereocenters. The van der Waals surface area contributed by atoms with Crippen LogP contribution in [0.25, 0.3) is 0 Å². The van der Waals surface area contributed by atoms with Crippen LogP contribution in [-0.4, -0.2) is 11.9 Å². The Balaban J connectivity index is 2.31. The quantitative estimate of drug-likeness (QED) is 0.497. The molecule has 1 nitrogen and oxygen atoms in total. The SMILES string of the molecule is BrCC#Cc1ccc2c(c1)CCO2. The van der Waals surface area contributed by atoms with E-state index in [9.17, 15) is 0 Å². The lowest BCUT2D eigenvalue weighted by molar-refractivity contribution is 0.357. The summed E-state index contributed by atoms with van der Waals surface area (Å²) in [5.74, 6) is 7.07. The van der Waals surface area contributed by atoms with Crippen LogP contribution in [0.2, 0.25) is 0 Å². The topological polar surface area (TPSA) is 9.23 Å². The summed E-state index contributed by atoms with van der Waals surface area (Å²) in [4.78, 5) is 0. The van der Waals surface area contributed by atoms with Crippen LogP contribution in [0.3, 0.4) is 0 Å². The molecular weight excluding hydrogens is 228 g/mol. The first kappa shape index (κ1) is 8.65. The number of ether oxygens (including phenoxy) is 1. The molecular formula is C11H9BrO. The molecule has 1 aliphatic heterocycles. The van der Waals surface area contributed by atoms with Gasteiger partial charge in [-0.2, -0.15) is 0 Å². The van der Waals surface area contributed by atoms with Crippen molar-refractivity contribution in [1.82, 2.24) is 0 Å². The van der Waals surface area contributed by atoms with Crippen LogP contribution < -0.4 is 4.74 Å². The van der Waals surface area contributed by atoms with Gasteiger partial charge in [0.15, 0.2) is 0 Å². The van der Waals surface area contributed by atoms with Crippen molar-refractivity contribution in [3.05, 3.63) is 29.3 Å². The highest BCUT2D eigenvalue weighted by atomic mass is 79.9. The standard InChI is InChI=1S/C11H9BrO/c12-6-1-2-9-3-4-11-10(8-9)5-7-13-11/h3-4,8H,5-7H2. The highest BCUT2D eigenvalue weighted by Crippen LogP contribution is 2.25. The van der Waals surface area contributed by atoms with E-state index in [1.165, 1.54) is 5.56 Å². The number of hydrogen-bond acceptors (Lipinski definition) is 1. The lowest BCUT2D eigenvalue weighted by Crippen LogP contribution is -1.85. The Labute approximate surface area is 86.2 Å². The summed E-state index contributed by atoms with van der Waals surface area (Å²) in [5, 5.41) is 0.723. The van der Waals surface area contributed by atoms with Gasteiger partial charge in [0.2, 0.25) is 0 Å². The van der Waals surface area contributed by atoms with E-state index in [2.05, 4.69) is 33.8 Å². The minimum atomic E-state index is 0.723. The smallest absolute Gasteiger partial charge is 0.122 e. The molecule has 1 aromatic carbocycles. The van der Waals surface area contributed by atoms with Crippen LogP contribution in [0.4, 0.5) is 0 Å². The van der Waals surface area contributed by atoms with Gasteiger partial charge in [0.05, 0.1) is 11.9 Å². The van der Waals surface area contributed by atoms with Gasteiger partial charge in [0.25, 0.3) is 0 Å². The molecule has 1 heterocycles. The molecule has 0 radical (unpaired) electrons. The Morgan fingerprint density at radius 1 is 1.46 bits per heavy atom. The van der Waals surface area contributed by atoms with Crippen LogP contribution in [0.1, 0.15) is 11.1 Å². The third kappa shape index (κ3) is 1.87. The van der Waals surface area contributed by atoms with E-state index < -0.39 is 0 Å².